The Hall–Kier alpha value is -4.19. The molecule has 0 aromatic heterocycles. The number of piperazine rings is 1. The van der Waals surface area contributed by atoms with Gasteiger partial charge in [-0.15, -0.1) is 0 Å². The number of aryl methyl sites for hydroxylation is 1. The normalized spacial score (nSPS) is 13.9. The van der Waals surface area contributed by atoms with Gasteiger partial charge in [-0.05, 0) is 61.9 Å². The van der Waals surface area contributed by atoms with E-state index in [1.54, 1.807) is 30.0 Å². The monoisotopic (exact) mass is 467 g/mol. The summed E-state index contributed by atoms with van der Waals surface area (Å²) in [6.07, 6.45) is 1.66. The van der Waals surface area contributed by atoms with E-state index in [4.69, 9.17) is 0 Å². The van der Waals surface area contributed by atoms with Crippen LogP contribution in [0.3, 0.4) is 0 Å². The molecule has 0 spiro atoms. The summed E-state index contributed by atoms with van der Waals surface area (Å²) in [7, 11) is 0. The van der Waals surface area contributed by atoms with Crippen LogP contribution in [-0.4, -0.2) is 48.7 Å². The van der Waals surface area contributed by atoms with Gasteiger partial charge in [-0.3, -0.25) is 14.4 Å². The third-order valence-electron chi connectivity index (χ3n) is 6.10. The number of rotatable bonds is 6. The van der Waals surface area contributed by atoms with Gasteiger partial charge < -0.3 is 15.1 Å². The molecule has 3 aromatic rings. The number of benzene rings is 3. The van der Waals surface area contributed by atoms with Gasteiger partial charge in [0.25, 0.3) is 11.8 Å². The van der Waals surface area contributed by atoms with Crippen molar-refractivity contribution in [3.63, 3.8) is 0 Å². The third-order valence-corrected chi connectivity index (χ3v) is 6.10. The van der Waals surface area contributed by atoms with Crippen LogP contribution in [0, 0.1) is 6.92 Å². The van der Waals surface area contributed by atoms with Gasteiger partial charge in [0.15, 0.2) is 5.78 Å². The van der Waals surface area contributed by atoms with Crippen LogP contribution < -0.4 is 10.2 Å². The fourth-order valence-corrected chi connectivity index (χ4v) is 4.02. The number of para-hydroxylation sites is 1. The van der Waals surface area contributed by atoms with Gasteiger partial charge in [-0.1, -0.05) is 48.0 Å². The second-order valence-electron chi connectivity index (χ2n) is 8.67. The number of Topliss-reactive ketones (excluding diaryl/α,β-unsaturated/α-hetero) is 1. The van der Waals surface area contributed by atoms with Crippen LogP contribution in [0.15, 0.2) is 84.4 Å². The maximum Gasteiger partial charge on any atom is 0.261 e. The van der Waals surface area contributed by atoms with Gasteiger partial charge in [-0.25, -0.2) is 0 Å². The van der Waals surface area contributed by atoms with E-state index in [0.717, 1.165) is 16.8 Å². The van der Waals surface area contributed by atoms with Crippen LogP contribution in [0.1, 0.15) is 28.4 Å². The van der Waals surface area contributed by atoms with Gasteiger partial charge >= 0.3 is 0 Å². The topological polar surface area (TPSA) is 69.7 Å². The SMILES string of the molecule is CC(=O)c1ccc(N2CCN(C(=O)C(=Cc3ccc(C)cc3)C(=O)Nc3ccccc3)CC2)cc1. The van der Waals surface area contributed by atoms with E-state index in [1.165, 1.54) is 0 Å². The molecule has 0 bridgehead atoms. The molecule has 1 saturated heterocycles. The summed E-state index contributed by atoms with van der Waals surface area (Å²) in [6, 6.07) is 24.4. The molecule has 1 aliphatic heterocycles. The minimum Gasteiger partial charge on any atom is -0.368 e. The first-order valence-electron chi connectivity index (χ1n) is 11.7. The van der Waals surface area contributed by atoms with Crippen molar-refractivity contribution >= 4 is 35.0 Å². The zero-order chi connectivity index (χ0) is 24.8. The summed E-state index contributed by atoms with van der Waals surface area (Å²) in [5, 5.41) is 2.85. The van der Waals surface area contributed by atoms with Gasteiger partial charge in [0.05, 0.1) is 0 Å². The van der Waals surface area contributed by atoms with Crippen molar-refractivity contribution in [2.45, 2.75) is 13.8 Å². The number of anilines is 2. The van der Waals surface area contributed by atoms with Crippen LogP contribution in [0.25, 0.3) is 6.08 Å². The number of hydrogen-bond acceptors (Lipinski definition) is 4. The fourth-order valence-electron chi connectivity index (χ4n) is 4.02. The Kier molecular flexibility index (Phi) is 7.41. The molecule has 0 aliphatic carbocycles. The molecule has 6 nitrogen and oxygen atoms in total. The lowest BCUT2D eigenvalue weighted by molar-refractivity contribution is -0.129. The quantitative estimate of drug-likeness (QED) is 0.250. The number of ketones is 1. The Bertz CT molecular complexity index is 1220. The van der Waals surface area contributed by atoms with E-state index in [2.05, 4.69) is 10.2 Å². The number of hydrogen-bond donors (Lipinski definition) is 1. The summed E-state index contributed by atoms with van der Waals surface area (Å²) in [5.41, 5.74) is 4.34. The predicted molar refractivity (Wildman–Crippen MR) is 139 cm³/mol. The molecule has 2 amide bonds. The summed E-state index contributed by atoms with van der Waals surface area (Å²) in [6.45, 7) is 5.82. The average Bonchev–Trinajstić information content (AvgIpc) is 2.88. The molecule has 0 unspecified atom stereocenters. The van der Waals surface area contributed by atoms with E-state index in [0.29, 0.717) is 37.4 Å². The standard InChI is InChI=1S/C29H29N3O3/c1-21-8-10-23(11-9-21)20-27(28(34)30-25-6-4-3-5-7-25)29(35)32-18-16-31(17-19-32)26-14-12-24(13-15-26)22(2)33/h3-15,20H,16-19H2,1-2H3,(H,30,34). The minimum absolute atomic E-state index is 0.0358. The molecule has 178 valence electrons. The lowest BCUT2D eigenvalue weighted by Gasteiger charge is -2.36. The Morgan fingerprint density at radius 2 is 1.43 bits per heavy atom. The van der Waals surface area contributed by atoms with E-state index in [-0.39, 0.29) is 17.3 Å². The van der Waals surface area contributed by atoms with Crippen LogP contribution in [0.4, 0.5) is 11.4 Å². The smallest absolute Gasteiger partial charge is 0.261 e. The highest BCUT2D eigenvalue weighted by atomic mass is 16.2. The predicted octanol–water partition coefficient (Wildman–Crippen LogP) is 4.57. The van der Waals surface area contributed by atoms with E-state index < -0.39 is 5.91 Å². The van der Waals surface area contributed by atoms with Crippen molar-refractivity contribution in [3.8, 4) is 0 Å². The van der Waals surface area contributed by atoms with Crippen molar-refractivity contribution in [1.82, 2.24) is 4.90 Å². The first kappa shape index (κ1) is 24.0. The third kappa shape index (κ3) is 6.03. The number of amides is 2. The summed E-state index contributed by atoms with van der Waals surface area (Å²) in [4.78, 5) is 42.1. The Labute approximate surface area is 205 Å². The summed E-state index contributed by atoms with van der Waals surface area (Å²) in [5.74, 6) is -0.678. The molecule has 4 rings (SSSR count). The number of carbonyl (C=O) groups is 3. The molecular formula is C29H29N3O3. The van der Waals surface area contributed by atoms with E-state index >= 15 is 0 Å². The maximum atomic E-state index is 13.5. The summed E-state index contributed by atoms with van der Waals surface area (Å²) < 4.78 is 0. The molecule has 1 fully saturated rings. The zero-order valence-corrected chi connectivity index (χ0v) is 20.0. The van der Waals surface area contributed by atoms with Crippen LogP contribution in [0.2, 0.25) is 0 Å². The van der Waals surface area contributed by atoms with Crippen molar-refractivity contribution in [3.05, 3.63) is 101 Å². The van der Waals surface area contributed by atoms with Crippen LogP contribution in [0.5, 0.6) is 0 Å². The molecular weight excluding hydrogens is 438 g/mol. The van der Waals surface area contributed by atoms with E-state index in [9.17, 15) is 14.4 Å². The number of nitrogens with one attached hydrogen (secondary N) is 1. The van der Waals surface area contributed by atoms with Crippen molar-refractivity contribution in [1.29, 1.82) is 0 Å². The van der Waals surface area contributed by atoms with E-state index in [1.807, 2.05) is 73.7 Å². The van der Waals surface area contributed by atoms with Crippen molar-refractivity contribution < 1.29 is 14.4 Å². The molecule has 1 heterocycles. The largest absolute Gasteiger partial charge is 0.368 e. The second-order valence-corrected chi connectivity index (χ2v) is 8.67. The number of carbonyl (C=O) groups excluding carboxylic acids is 3. The molecule has 0 saturated carbocycles. The van der Waals surface area contributed by atoms with Crippen molar-refractivity contribution in [2.75, 3.05) is 36.4 Å². The van der Waals surface area contributed by atoms with Crippen molar-refractivity contribution in [2.24, 2.45) is 0 Å². The van der Waals surface area contributed by atoms with Gasteiger partial charge in [0, 0.05) is 43.1 Å². The minimum atomic E-state index is -0.427. The van der Waals surface area contributed by atoms with Gasteiger partial charge in [-0.2, -0.15) is 0 Å². The van der Waals surface area contributed by atoms with Crippen LogP contribution in [-0.2, 0) is 9.59 Å². The highest BCUT2D eigenvalue weighted by Gasteiger charge is 2.27. The first-order valence-corrected chi connectivity index (χ1v) is 11.7. The second kappa shape index (κ2) is 10.8. The number of nitrogens with zero attached hydrogens (tertiary/aromatic N) is 2. The Balaban J connectivity index is 1.50. The fraction of sp³-hybridized carbons (Fsp3) is 0.207. The Morgan fingerprint density at radius 3 is 2.03 bits per heavy atom. The molecule has 3 aromatic carbocycles. The molecule has 1 aliphatic rings. The molecule has 1 N–H and O–H groups in total. The van der Waals surface area contributed by atoms with Gasteiger partial charge in [0.2, 0.25) is 0 Å². The lowest BCUT2D eigenvalue weighted by atomic mass is 10.1. The molecule has 0 radical (unpaired) electrons. The average molecular weight is 468 g/mol. The molecule has 0 atom stereocenters. The highest BCUT2D eigenvalue weighted by Crippen LogP contribution is 2.20. The van der Waals surface area contributed by atoms with Crippen LogP contribution >= 0.6 is 0 Å². The molecule has 6 heteroatoms. The first-order chi connectivity index (χ1) is 16.9. The van der Waals surface area contributed by atoms with Gasteiger partial charge in [0.1, 0.15) is 5.57 Å². The Morgan fingerprint density at radius 1 is 0.800 bits per heavy atom. The lowest BCUT2D eigenvalue weighted by Crippen LogP contribution is -2.50. The zero-order valence-electron chi connectivity index (χ0n) is 20.0. The summed E-state index contributed by atoms with van der Waals surface area (Å²) >= 11 is 0. The highest BCUT2D eigenvalue weighted by molar-refractivity contribution is 6.25. The molecule has 35 heavy (non-hydrogen) atoms. The maximum absolute atomic E-state index is 13.5.